The summed E-state index contributed by atoms with van der Waals surface area (Å²) in [4.78, 5) is 42.0. The summed E-state index contributed by atoms with van der Waals surface area (Å²) in [5, 5.41) is 0.671. The first-order valence-electron chi connectivity index (χ1n) is 10.5. The molecule has 1 radical (unpaired) electrons. The van der Waals surface area contributed by atoms with Gasteiger partial charge in [-0.15, -0.1) is 0 Å². The van der Waals surface area contributed by atoms with Crippen LogP contribution in [0.2, 0.25) is 5.02 Å². The Balaban J connectivity index is 1.65. The largest absolute Gasteiger partial charge is 0.368 e. The van der Waals surface area contributed by atoms with Gasteiger partial charge in [-0.05, 0) is 30.2 Å². The number of nitrogens with zero attached hydrogens (tertiary/aromatic N) is 3. The van der Waals surface area contributed by atoms with Crippen LogP contribution in [0.25, 0.3) is 0 Å². The van der Waals surface area contributed by atoms with Crippen molar-refractivity contribution in [2.75, 3.05) is 38.1 Å². The molecular formula is C24H28ClN4O3. The fraction of sp³-hybridized carbons (Fsp3) is 0.333. The Labute approximate surface area is 193 Å². The van der Waals surface area contributed by atoms with Crippen molar-refractivity contribution >= 4 is 35.0 Å². The highest BCUT2D eigenvalue weighted by molar-refractivity contribution is 6.30. The number of para-hydroxylation sites is 1. The number of rotatable bonds is 7. The average Bonchev–Trinajstić information content (AvgIpc) is 2.79. The predicted octanol–water partition coefficient (Wildman–Crippen LogP) is 2.44. The van der Waals surface area contributed by atoms with E-state index in [9.17, 15) is 14.4 Å². The lowest BCUT2D eigenvalue weighted by atomic mass is 10.0. The Morgan fingerprint density at radius 2 is 1.69 bits per heavy atom. The zero-order chi connectivity index (χ0) is 23.3. The topological polar surface area (TPSA) is 86.9 Å². The molecular weight excluding hydrogens is 428 g/mol. The van der Waals surface area contributed by atoms with Gasteiger partial charge < -0.3 is 20.4 Å². The van der Waals surface area contributed by atoms with Gasteiger partial charge in [0, 0.05) is 56.4 Å². The van der Waals surface area contributed by atoms with Gasteiger partial charge in [-0.3, -0.25) is 14.4 Å². The average molecular weight is 456 g/mol. The van der Waals surface area contributed by atoms with Gasteiger partial charge in [0.1, 0.15) is 6.04 Å². The molecule has 1 heterocycles. The molecule has 0 bridgehead atoms. The van der Waals surface area contributed by atoms with Crippen LogP contribution in [0.3, 0.4) is 0 Å². The zero-order valence-electron chi connectivity index (χ0n) is 18.3. The Bertz CT molecular complexity index is 971. The van der Waals surface area contributed by atoms with Crippen LogP contribution in [-0.2, 0) is 20.8 Å². The molecule has 2 N–H and O–H groups in total. The molecule has 0 saturated carbocycles. The van der Waals surface area contributed by atoms with Crippen LogP contribution in [-0.4, -0.2) is 60.7 Å². The Hall–Kier alpha value is -3.06. The highest BCUT2D eigenvalue weighted by Crippen LogP contribution is 2.30. The summed E-state index contributed by atoms with van der Waals surface area (Å²) in [6, 6.07) is 14.1. The van der Waals surface area contributed by atoms with Crippen LogP contribution < -0.4 is 10.6 Å². The molecule has 2 aromatic carbocycles. The lowest BCUT2D eigenvalue weighted by molar-refractivity contribution is -0.136. The van der Waals surface area contributed by atoms with Crippen LogP contribution in [0.4, 0.5) is 5.69 Å². The Kier molecular flexibility index (Phi) is 7.75. The molecule has 0 aromatic heterocycles. The van der Waals surface area contributed by atoms with E-state index in [4.69, 9.17) is 17.3 Å². The maximum absolute atomic E-state index is 12.6. The molecule has 1 saturated heterocycles. The van der Waals surface area contributed by atoms with Crippen molar-refractivity contribution in [3.63, 3.8) is 0 Å². The number of primary amides is 1. The van der Waals surface area contributed by atoms with Gasteiger partial charge in [0.05, 0.1) is 6.42 Å². The van der Waals surface area contributed by atoms with E-state index in [1.807, 2.05) is 53.4 Å². The minimum Gasteiger partial charge on any atom is -0.368 e. The smallest absolute Gasteiger partial charge is 0.244 e. The quantitative estimate of drug-likeness (QED) is 0.694. The summed E-state index contributed by atoms with van der Waals surface area (Å²) < 4.78 is 0. The minimum absolute atomic E-state index is 0.000731. The van der Waals surface area contributed by atoms with Crippen LogP contribution >= 0.6 is 11.6 Å². The van der Waals surface area contributed by atoms with Crippen LogP contribution in [0.5, 0.6) is 0 Å². The molecule has 3 amide bonds. The number of anilines is 1. The Morgan fingerprint density at radius 1 is 1.06 bits per heavy atom. The first-order valence-corrected chi connectivity index (χ1v) is 10.9. The van der Waals surface area contributed by atoms with E-state index in [1.165, 1.54) is 11.8 Å². The fourth-order valence-electron chi connectivity index (χ4n) is 3.86. The highest BCUT2D eigenvalue weighted by Gasteiger charge is 2.30. The van der Waals surface area contributed by atoms with E-state index >= 15 is 0 Å². The molecule has 3 rings (SSSR count). The summed E-state index contributed by atoms with van der Waals surface area (Å²) in [6.07, 6.45) is 2.24. The van der Waals surface area contributed by atoms with Gasteiger partial charge in [0.25, 0.3) is 0 Å². The van der Waals surface area contributed by atoms with Gasteiger partial charge in [-0.2, -0.15) is 0 Å². The SMILES string of the molecule is CC(=O)N(C)C(C(N)=O)c1ccccc1N1CCN(C(=O)[CH]Cc2ccc(Cl)cc2)CC1. The number of hydrogen-bond acceptors (Lipinski definition) is 4. The molecule has 1 fully saturated rings. The van der Waals surface area contributed by atoms with Crippen molar-refractivity contribution in [1.82, 2.24) is 9.80 Å². The molecule has 32 heavy (non-hydrogen) atoms. The van der Waals surface area contributed by atoms with E-state index in [0.29, 0.717) is 43.2 Å². The lowest BCUT2D eigenvalue weighted by Gasteiger charge is -2.38. The molecule has 1 aliphatic rings. The van der Waals surface area contributed by atoms with Gasteiger partial charge in [-0.25, -0.2) is 0 Å². The number of benzene rings is 2. The summed E-state index contributed by atoms with van der Waals surface area (Å²) >= 11 is 5.91. The van der Waals surface area contributed by atoms with E-state index in [2.05, 4.69) is 4.90 Å². The number of hydrogen-bond donors (Lipinski definition) is 1. The minimum atomic E-state index is -0.851. The van der Waals surface area contributed by atoms with Crippen molar-refractivity contribution in [3.8, 4) is 0 Å². The first kappa shape index (κ1) is 23.6. The third kappa shape index (κ3) is 5.59. The molecule has 1 atom stereocenters. The second-order valence-electron chi connectivity index (χ2n) is 7.84. The number of halogens is 1. The van der Waals surface area contributed by atoms with E-state index in [0.717, 1.165) is 11.3 Å². The third-order valence-corrected chi connectivity index (χ3v) is 5.99. The lowest BCUT2D eigenvalue weighted by Crippen LogP contribution is -2.49. The molecule has 2 aromatic rings. The molecule has 8 heteroatoms. The third-order valence-electron chi connectivity index (χ3n) is 5.74. The van der Waals surface area contributed by atoms with Crippen LogP contribution in [0.15, 0.2) is 48.5 Å². The number of amides is 3. The molecule has 0 aliphatic carbocycles. The van der Waals surface area contributed by atoms with Crippen molar-refractivity contribution in [2.45, 2.75) is 19.4 Å². The van der Waals surface area contributed by atoms with Crippen molar-refractivity contribution in [2.24, 2.45) is 5.73 Å². The molecule has 0 spiro atoms. The van der Waals surface area contributed by atoms with Gasteiger partial charge >= 0.3 is 0 Å². The van der Waals surface area contributed by atoms with Gasteiger partial charge in [0.2, 0.25) is 17.7 Å². The molecule has 1 aliphatic heterocycles. The number of carbonyl (C=O) groups excluding carboxylic acids is 3. The van der Waals surface area contributed by atoms with Crippen LogP contribution in [0, 0.1) is 6.42 Å². The zero-order valence-corrected chi connectivity index (χ0v) is 19.1. The molecule has 1 unspecified atom stereocenters. The number of piperazine rings is 1. The second kappa shape index (κ2) is 10.5. The van der Waals surface area contributed by atoms with E-state index in [-0.39, 0.29) is 11.8 Å². The summed E-state index contributed by atoms with van der Waals surface area (Å²) in [5.74, 6) is -0.824. The monoisotopic (exact) mass is 455 g/mol. The summed E-state index contributed by atoms with van der Waals surface area (Å²) in [6.45, 7) is 3.77. The highest BCUT2D eigenvalue weighted by atomic mass is 35.5. The van der Waals surface area contributed by atoms with Crippen molar-refractivity contribution in [1.29, 1.82) is 0 Å². The second-order valence-corrected chi connectivity index (χ2v) is 8.28. The molecule has 7 nitrogen and oxygen atoms in total. The summed E-state index contributed by atoms with van der Waals surface area (Å²) in [5.41, 5.74) is 8.21. The van der Waals surface area contributed by atoms with Gasteiger partial charge in [-0.1, -0.05) is 41.9 Å². The number of likely N-dealkylation sites (N-methyl/N-ethyl adjacent to an activating group) is 1. The maximum Gasteiger partial charge on any atom is 0.244 e. The number of nitrogens with two attached hydrogens (primary N) is 1. The fourth-order valence-corrected chi connectivity index (χ4v) is 3.99. The first-order chi connectivity index (χ1) is 15.3. The molecule has 169 valence electrons. The maximum atomic E-state index is 12.6. The normalized spacial score (nSPS) is 14.7. The van der Waals surface area contributed by atoms with Crippen LogP contribution in [0.1, 0.15) is 24.1 Å². The Morgan fingerprint density at radius 3 is 2.28 bits per heavy atom. The van der Waals surface area contributed by atoms with Gasteiger partial charge in [0.15, 0.2) is 0 Å². The number of carbonyl (C=O) groups is 3. The van der Waals surface area contributed by atoms with E-state index in [1.54, 1.807) is 13.5 Å². The van der Waals surface area contributed by atoms with E-state index < -0.39 is 11.9 Å². The summed E-state index contributed by atoms with van der Waals surface area (Å²) in [7, 11) is 1.57. The van der Waals surface area contributed by atoms with Crippen molar-refractivity contribution in [3.05, 3.63) is 71.1 Å². The standard InChI is InChI=1S/C24H28ClN4O3/c1-17(30)27(2)23(24(26)32)20-5-3-4-6-21(20)28-13-15-29(16-14-28)22(31)12-9-18-7-10-19(25)11-8-18/h3-8,10-12,23H,9,13-16H2,1-2H3,(H2,26,32). The van der Waals surface area contributed by atoms with Crippen molar-refractivity contribution < 1.29 is 14.4 Å². The predicted molar refractivity (Wildman–Crippen MR) is 125 cm³/mol.